The van der Waals surface area contributed by atoms with E-state index in [0.29, 0.717) is 5.54 Å². The van der Waals surface area contributed by atoms with Crippen LogP contribution in [0.2, 0.25) is 5.54 Å². The predicted octanol–water partition coefficient (Wildman–Crippen LogP) is 5.13. The van der Waals surface area contributed by atoms with Crippen LogP contribution < -0.4 is 10.1 Å². The van der Waals surface area contributed by atoms with E-state index in [2.05, 4.69) is 31.3 Å². The van der Waals surface area contributed by atoms with Crippen molar-refractivity contribution in [2.24, 2.45) is 0 Å². The molecule has 0 saturated carbocycles. The molecule has 0 bridgehead atoms. The number of hydrogen-bond acceptors (Lipinski definition) is 3. The maximum atomic E-state index is 12.2. The van der Waals surface area contributed by atoms with Crippen LogP contribution in [-0.4, -0.2) is 28.0 Å². The fourth-order valence-electron chi connectivity index (χ4n) is 2.65. The van der Waals surface area contributed by atoms with Crippen LogP contribution in [0.25, 0.3) is 0 Å². The number of benzene rings is 2. The van der Waals surface area contributed by atoms with Gasteiger partial charge in [0.05, 0.1) is 6.10 Å². The molecule has 0 heterocycles. The Balaban J connectivity index is 2.00. The minimum Gasteiger partial charge on any atom is -0.491 e. The van der Waals surface area contributed by atoms with Gasteiger partial charge < -0.3 is 9.47 Å². The van der Waals surface area contributed by atoms with Crippen molar-refractivity contribution in [3.63, 3.8) is 0 Å². The summed E-state index contributed by atoms with van der Waals surface area (Å²) in [5.74, 6) is 1.13. The normalized spacial score (nSPS) is 13.8. The molecule has 0 spiro atoms. The van der Waals surface area contributed by atoms with Crippen molar-refractivity contribution in [1.29, 1.82) is 0 Å². The van der Waals surface area contributed by atoms with Crippen molar-refractivity contribution >= 4 is 22.0 Å². The van der Waals surface area contributed by atoms with Crippen molar-refractivity contribution in [2.75, 3.05) is 5.32 Å². The molecule has 28 heavy (non-hydrogen) atoms. The van der Waals surface area contributed by atoms with Gasteiger partial charge in [-0.2, -0.15) is 0 Å². The zero-order valence-corrected chi connectivity index (χ0v) is 20.1. The number of rotatable bonds is 7. The van der Waals surface area contributed by atoms with Crippen LogP contribution in [0.15, 0.2) is 48.5 Å². The lowest BCUT2D eigenvalue weighted by molar-refractivity contribution is 0.0469. The molecule has 1 amide bonds. The highest BCUT2D eigenvalue weighted by atomic mass is 28.1. The topological polar surface area (TPSA) is 47.6 Å². The van der Waals surface area contributed by atoms with E-state index in [1.165, 1.54) is 11.1 Å². The van der Waals surface area contributed by atoms with Gasteiger partial charge in [-0.3, -0.25) is 5.32 Å². The minimum absolute atomic E-state index is 0.170. The van der Waals surface area contributed by atoms with Crippen LogP contribution in [0.3, 0.4) is 0 Å². The number of ether oxygens (including phenoxy) is 2. The third kappa shape index (κ3) is 6.13. The Hall–Kier alpha value is -2.27. The van der Waals surface area contributed by atoms with E-state index in [-0.39, 0.29) is 12.0 Å². The summed E-state index contributed by atoms with van der Waals surface area (Å²) in [5, 5.41) is 2.82. The van der Waals surface area contributed by atoms with E-state index in [9.17, 15) is 4.79 Å². The van der Waals surface area contributed by atoms with Crippen molar-refractivity contribution in [1.82, 2.24) is 0 Å². The summed E-state index contributed by atoms with van der Waals surface area (Å²) < 4.78 is 11.3. The van der Waals surface area contributed by atoms with Gasteiger partial charge >= 0.3 is 6.09 Å². The van der Waals surface area contributed by atoms with E-state index >= 15 is 0 Å². The highest BCUT2D eigenvalue weighted by Gasteiger charge is 2.26. The molecule has 152 valence electrons. The molecule has 2 aromatic carbocycles. The summed E-state index contributed by atoms with van der Waals surface area (Å²) in [6.45, 7) is 12.2. The van der Waals surface area contributed by atoms with Gasteiger partial charge in [-0.1, -0.05) is 38.1 Å². The molecule has 0 aromatic heterocycles. The van der Waals surface area contributed by atoms with Gasteiger partial charge in [0, 0.05) is 21.8 Å². The third-order valence-corrected chi connectivity index (χ3v) is 6.55. The summed E-state index contributed by atoms with van der Waals surface area (Å²) in [4.78, 5) is 12.2. The van der Waals surface area contributed by atoms with Crippen molar-refractivity contribution < 1.29 is 14.3 Å². The van der Waals surface area contributed by atoms with Gasteiger partial charge in [0.25, 0.3) is 0 Å². The Morgan fingerprint density at radius 1 is 0.929 bits per heavy atom. The number of hydrogen-bond donors (Lipinski definition) is 1. The molecule has 0 aliphatic carbocycles. The van der Waals surface area contributed by atoms with E-state index in [1.807, 2.05) is 64.1 Å². The molecule has 0 fully saturated rings. The smallest absolute Gasteiger partial charge is 0.412 e. The van der Waals surface area contributed by atoms with Gasteiger partial charge in [-0.25, -0.2) is 4.79 Å². The summed E-state index contributed by atoms with van der Waals surface area (Å²) in [7, 11) is 0.975. The van der Waals surface area contributed by atoms with Crippen molar-refractivity contribution in [3.05, 3.63) is 59.7 Å². The zero-order chi connectivity index (χ0) is 20.9. The second-order valence-corrected chi connectivity index (χ2v) is 10.1. The Kier molecular flexibility index (Phi) is 7.30. The molecular weight excluding hydrogens is 366 g/mol. The molecular formula is C23H33NO3Si. The van der Waals surface area contributed by atoms with E-state index in [0.717, 1.165) is 21.7 Å². The Morgan fingerprint density at radius 2 is 1.43 bits per heavy atom. The molecule has 2 aromatic rings. The maximum absolute atomic E-state index is 12.2. The second kappa shape index (κ2) is 9.28. The fourth-order valence-corrected chi connectivity index (χ4v) is 2.77. The average Bonchev–Trinajstić information content (AvgIpc) is 2.61. The molecule has 2 rings (SSSR count). The first kappa shape index (κ1) is 22.0. The van der Waals surface area contributed by atoms with Crippen LogP contribution in [0.5, 0.6) is 5.75 Å². The predicted molar refractivity (Wildman–Crippen MR) is 120 cm³/mol. The number of carbonyl (C=O) groups excluding carboxylic acids is 1. The van der Waals surface area contributed by atoms with Crippen LogP contribution >= 0.6 is 0 Å². The summed E-state index contributed by atoms with van der Waals surface area (Å²) in [5.41, 5.74) is 3.07. The average molecular weight is 400 g/mol. The number of anilines is 1. The molecule has 0 saturated heterocycles. The monoisotopic (exact) mass is 399 g/mol. The minimum atomic E-state index is -0.448. The van der Waals surface area contributed by atoms with Gasteiger partial charge in [0.1, 0.15) is 11.4 Å². The first-order chi connectivity index (χ1) is 13.1. The van der Waals surface area contributed by atoms with Crippen molar-refractivity contribution in [3.8, 4) is 5.75 Å². The molecule has 2 atom stereocenters. The van der Waals surface area contributed by atoms with Crippen molar-refractivity contribution in [2.45, 2.75) is 64.7 Å². The Bertz CT molecular complexity index is 767. The highest BCUT2D eigenvalue weighted by Crippen LogP contribution is 2.28. The van der Waals surface area contributed by atoms with Crippen LogP contribution in [0.4, 0.5) is 10.5 Å². The largest absolute Gasteiger partial charge is 0.491 e. The SMILES string of the molecule is CC(C)Oc1ccc(C(C)c2ccc(NC(=O)OC(C)(C)C(C)[SiH3])cc2)cc1. The van der Waals surface area contributed by atoms with Gasteiger partial charge in [-0.15, -0.1) is 0 Å². The zero-order valence-electron chi connectivity index (χ0n) is 18.1. The molecule has 5 heteroatoms. The highest BCUT2D eigenvalue weighted by molar-refractivity contribution is 6.12. The molecule has 0 radical (unpaired) electrons. The van der Waals surface area contributed by atoms with Gasteiger partial charge in [0.2, 0.25) is 0 Å². The van der Waals surface area contributed by atoms with Crippen LogP contribution in [0, 0.1) is 0 Å². The summed E-state index contributed by atoms with van der Waals surface area (Å²) in [6, 6.07) is 16.1. The molecule has 0 aliphatic rings. The first-order valence-corrected chi connectivity index (χ1v) is 11.1. The number of carbonyl (C=O) groups is 1. The molecule has 0 aliphatic heterocycles. The van der Waals surface area contributed by atoms with E-state index in [4.69, 9.17) is 9.47 Å². The maximum Gasteiger partial charge on any atom is 0.412 e. The second-order valence-electron chi connectivity index (χ2n) is 8.35. The summed E-state index contributed by atoms with van der Waals surface area (Å²) in [6.07, 6.45) is -0.238. The first-order valence-electron chi connectivity index (χ1n) is 9.95. The van der Waals surface area contributed by atoms with E-state index < -0.39 is 11.7 Å². The van der Waals surface area contributed by atoms with Crippen LogP contribution in [0.1, 0.15) is 58.6 Å². The lowest BCUT2D eigenvalue weighted by Gasteiger charge is -2.29. The quantitative estimate of drug-likeness (QED) is 0.657. The Labute approximate surface area is 172 Å². The lowest BCUT2D eigenvalue weighted by atomic mass is 9.93. The Morgan fingerprint density at radius 3 is 1.89 bits per heavy atom. The lowest BCUT2D eigenvalue weighted by Crippen LogP contribution is -2.34. The van der Waals surface area contributed by atoms with Gasteiger partial charge in [0.15, 0.2) is 0 Å². The molecule has 2 unspecified atom stereocenters. The standard InChI is InChI=1S/C23H33NO3Si/c1-15(2)26-21-13-9-19(10-14-21)16(3)18-7-11-20(12-8-18)24-22(25)27-23(5,6)17(4)28/h7-17H,1-6,28H3,(H,24,25). The van der Waals surface area contributed by atoms with E-state index in [1.54, 1.807) is 0 Å². The van der Waals surface area contributed by atoms with Crippen LogP contribution in [-0.2, 0) is 4.74 Å². The molecule has 1 N–H and O–H groups in total. The fraction of sp³-hybridized carbons (Fsp3) is 0.435. The number of amides is 1. The van der Waals surface area contributed by atoms with Gasteiger partial charge in [-0.05, 0) is 68.6 Å². The molecule has 4 nitrogen and oxygen atoms in total. The number of nitrogens with one attached hydrogen (secondary N) is 1. The third-order valence-electron chi connectivity index (χ3n) is 5.16. The summed E-state index contributed by atoms with van der Waals surface area (Å²) >= 11 is 0.